The first kappa shape index (κ1) is 17.0. The number of carbonyl (C=O) groups is 2. The number of nitrogens with one attached hydrogen (secondary N) is 2. The molecule has 1 atom stereocenters. The lowest BCUT2D eigenvalue weighted by Gasteiger charge is -2.23. The lowest BCUT2D eigenvalue weighted by atomic mass is 10.0. The van der Waals surface area contributed by atoms with Gasteiger partial charge < -0.3 is 15.4 Å². The van der Waals surface area contributed by atoms with Gasteiger partial charge in [-0.2, -0.15) is 0 Å². The van der Waals surface area contributed by atoms with Crippen molar-refractivity contribution in [2.75, 3.05) is 7.11 Å². The molecule has 0 spiro atoms. The zero-order valence-corrected chi connectivity index (χ0v) is 13.3. The van der Waals surface area contributed by atoms with Gasteiger partial charge >= 0.3 is 0 Å². The summed E-state index contributed by atoms with van der Waals surface area (Å²) in [6.07, 6.45) is 0. The van der Waals surface area contributed by atoms with Gasteiger partial charge in [-0.1, -0.05) is 13.8 Å². The molecule has 0 bridgehead atoms. The summed E-state index contributed by atoms with van der Waals surface area (Å²) >= 11 is 0. The molecule has 0 aliphatic heterocycles. The predicted octanol–water partition coefficient (Wildman–Crippen LogP) is 1.97. The predicted molar refractivity (Wildman–Crippen MR) is 82.4 cm³/mol. The van der Waals surface area contributed by atoms with Gasteiger partial charge in [0, 0.05) is 11.6 Å². The van der Waals surface area contributed by atoms with Gasteiger partial charge in [-0.3, -0.25) is 9.59 Å². The Morgan fingerprint density at radius 2 is 1.57 bits per heavy atom. The molecule has 0 radical (unpaired) electrons. The van der Waals surface area contributed by atoms with Crippen molar-refractivity contribution < 1.29 is 14.3 Å². The molecule has 0 aromatic heterocycles. The molecule has 2 amide bonds. The third-order valence-corrected chi connectivity index (χ3v) is 3.02. The number of rotatable bonds is 6. The van der Waals surface area contributed by atoms with E-state index in [9.17, 15) is 9.59 Å². The van der Waals surface area contributed by atoms with Crippen LogP contribution in [0.5, 0.6) is 5.75 Å². The van der Waals surface area contributed by atoms with Crippen LogP contribution in [0.25, 0.3) is 0 Å². The van der Waals surface area contributed by atoms with Crippen LogP contribution >= 0.6 is 0 Å². The molecule has 21 heavy (non-hydrogen) atoms. The third kappa shape index (κ3) is 5.10. The number of benzene rings is 1. The van der Waals surface area contributed by atoms with Crippen molar-refractivity contribution in [1.82, 2.24) is 10.6 Å². The zero-order chi connectivity index (χ0) is 16.0. The molecule has 0 heterocycles. The van der Waals surface area contributed by atoms with Crippen LogP contribution in [-0.2, 0) is 4.79 Å². The highest BCUT2D eigenvalue weighted by Crippen LogP contribution is 2.12. The standard InChI is InChI=1S/C16H24N2O3/c1-10(2)14(16(20)17-11(3)4)18-15(19)12-6-8-13(21-5)9-7-12/h6-11,14H,1-5H3,(H,17,20)(H,18,19)/t14-/m0/s1. The lowest BCUT2D eigenvalue weighted by Crippen LogP contribution is -2.51. The van der Waals surface area contributed by atoms with Gasteiger partial charge in [0.15, 0.2) is 0 Å². The van der Waals surface area contributed by atoms with Crippen molar-refractivity contribution in [2.24, 2.45) is 5.92 Å². The van der Waals surface area contributed by atoms with E-state index in [1.54, 1.807) is 31.4 Å². The highest BCUT2D eigenvalue weighted by molar-refractivity contribution is 5.97. The Hall–Kier alpha value is -2.04. The average molecular weight is 292 g/mol. The van der Waals surface area contributed by atoms with Gasteiger partial charge in [0.05, 0.1) is 7.11 Å². The van der Waals surface area contributed by atoms with Crippen molar-refractivity contribution in [3.05, 3.63) is 29.8 Å². The molecule has 0 saturated heterocycles. The highest BCUT2D eigenvalue weighted by atomic mass is 16.5. The maximum atomic E-state index is 12.2. The first-order chi connectivity index (χ1) is 9.85. The molecule has 116 valence electrons. The minimum atomic E-state index is -0.554. The normalized spacial score (nSPS) is 12.1. The summed E-state index contributed by atoms with van der Waals surface area (Å²) in [6.45, 7) is 7.58. The smallest absolute Gasteiger partial charge is 0.251 e. The van der Waals surface area contributed by atoms with Crippen LogP contribution in [-0.4, -0.2) is 31.0 Å². The summed E-state index contributed by atoms with van der Waals surface area (Å²) in [7, 11) is 1.57. The Morgan fingerprint density at radius 3 is 2.00 bits per heavy atom. The van der Waals surface area contributed by atoms with Crippen molar-refractivity contribution in [1.29, 1.82) is 0 Å². The maximum Gasteiger partial charge on any atom is 0.251 e. The molecule has 5 heteroatoms. The number of amides is 2. The number of hydrogen-bond acceptors (Lipinski definition) is 3. The zero-order valence-electron chi connectivity index (χ0n) is 13.3. The van der Waals surface area contributed by atoms with Crippen LogP contribution in [0.2, 0.25) is 0 Å². The Kier molecular flexibility index (Phi) is 6.21. The number of ether oxygens (including phenoxy) is 1. The molecule has 1 aromatic rings. The molecule has 0 aliphatic rings. The summed E-state index contributed by atoms with van der Waals surface area (Å²) in [5.74, 6) is 0.257. The van der Waals surface area contributed by atoms with E-state index in [1.165, 1.54) is 0 Å². The number of methoxy groups -OCH3 is 1. The third-order valence-electron chi connectivity index (χ3n) is 3.02. The second kappa shape index (κ2) is 7.67. The van der Waals surface area contributed by atoms with Gasteiger partial charge in [0.25, 0.3) is 5.91 Å². The second-order valence-electron chi connectivity index (χ2n) is 5.59. The Balaban J connectivity index is 2.78. The van der Waals surface area contributed by atoms with Crippen LogP contribution in [0.1, 0.15) is 38.1 Å². The Morgan fingerprint density at radius 1 is 1.00 bits per heavy atom. The fourth-order valence-corrected chi connectivity index (χ4v) is 1.88. The van der Waals surface area contributed by atoms with Crippen LogP contribution in [0.3, 0.4) is 0 Å². The summed E-state index contributed by atoms with van der Waals surface area (Å²) in [6, 6.07) is 6.26. The van der Waals surface area contributed by atoms with E-state index in [0.717, 1.165) is 0 Å². The monoisotopic (exact) mass is 292 g/mol. The number of carbonyl (C=O) groups excluding carboxylic acids is 2. The van der Waals surface area contributed by atoms with E-state index in [2.05, 4.69) is 10.6 Å². The van der Waals surface area contributed by atoms with Gasteiger partial charge in [0.2, 0.25) is 5.91 Å². The van der Waals surface area contributed by atoms with Gasteiger partial charge in [-0.25, -0.2) is 0 Å². The maximum absolute atomic E-state index is 12.2. The second-order valence-corrected chi connectivity index (χ2v) is 5.59. The summed E-state index contributed by atoms with van der Waals surface area (Å²) in [5.41, 5.74) is 0.499. The van der Waals surface area contributed by atoms with Crippen molar-refractivity contribution >= 4 is 11.8 Å². The van der Waals surface area contributed by atoms with Crippen LogP contribution in [0.15, 0.2) is 24.3 Å². The van der Waals surface area contributed by atoms with E-state index < -0.39 is 6.04 Å². The highest BCUT2D eigenvalue weighted by Gasteiger charge is 2.24. The van der Waals surface area contributed by atoms with E-state index in [4.69, 9.17) is 4.74 Å². The minimum absolute atomic E-state index is 0.00551. The quantitative estimate of drug-likeness (QED) is 0.842. The van der Waals surface area contributed by atoms with Gasteiger partial charge in [0.1, 0.15) is 11.8 Å². The Labute approximate surface area is 126 Å². The topological polar surface area (TPSA) is 67.4 Å². The summed E-state index contributed by atoms with van der Waals surface area (Å²) in [4.78, 5) is 24.3. The van der Waals surface area contributed by atoms with Gasteiger partial charge in [-0.05, 0) is 44.0 Å². The molecule has 0 aliphatic carbocycles. The largest absolute Gasteiger partial charge is 0.497 e. The van der Waals surface area contributed by atoms with Crippen molar-refractivity contribution in [2.45, 2.75) is 39.8 Å². The fraction of sp³-hybridized carbons (Fsp3) is 0.500. The first-order valence-electron chi connectivity index (χ1n) is 7.10. The lowest BCUT2D eigenvalue weighted by molar-refractivity contribution is -0.124. The molecule has 0 saturated carbocycles. The van der Waals surface area contributed by atoms with E-state index in [-0.39, 0.29) is 23.8 Å². The van der Waals surface area contributed by atoms with Crippen molar-refractivity contribution in [3.63, 3.8) is 0 Å². The SMILES string of the molecule is COc1ccc(C(=O)N[C@H](C(=O)NC(C)C)C(C)C)cc1. The molecule has 0 fully saturated rings. The first-order valence-corrected chi connectivity index (χ1v) is 7.10. The molecule has 1 aromatic carbocycles. The van der Waals surface area contributed by atoms with Crippen LogP contribution in [0, 0.1) is 5.92 Å². The average Bonchev–Trinajstić information content (AvgIpc) is 2.43. The molecule has 5 nitrogen and oxygen atoms in total. The van der Waals surface area contributed by atoms with Crippen LogP contribution in [0.4, 0.5) is 0 Å². The Bertz CT molecular complexity index is 481. The van der Waals surface area contributed by atoms with Crippen molar-refractivity contribution in [3.8, 4) is 5.75 Å². The van der Waals surface area contributed by atoms with E-state index >= 15 is 0 Å². The summed E-state index contributed by atoms with van der Waals surface area (Å²) < 4.78 is 5.05. The number of hydrogen-bond donors (Lipinski definition) is 2. The summed E-state index contributed by atoms with van der Waals surface area (Å²) in [5, 5.41) is 5.61. The van der Waals surface area contributed by atoms with E-state index in [1.807, 2.05) is 27.7 Å². The molecular weight excluding hydrogens is 268 g/mol. The molecule has 2 N–H and O–H groups in total. The fourth-order valence-electron chi connectivity index (χ4n) is 1.88. The van der Waals surface area contributed by atoms with Crippen LogP contribution < -0.4 is 15.4 Å². The molecule has 1 rings (SSSR count). The molecular formula is C16H24N2O3. The van der Waals surface area contributed by atoms with Gasteiger partial charge in [-0.15, -0.1) is 0 Å². The van der Waals surface area contributed by atoms with E-state index in [0.29, 0.717) is 11.3 Å². The molecule has 0 unspecified atom stereocenters. The minimum Gasteiger partial charge on any atom is -0.497 e.